The van der Waals surface area contributed by atoms with Crippen LogP contribution in [0, 0.1) is 6.92 Å². The summed E-state index contributed by atoms with van der Waals surface area (Å²) in [5, 5.41) is 0. The van der Waals surface area contributed by atoms with E-state index in [-0.39, 0.29) is 0 Å². The lowest BCUT2D eigenvalue weighted by Crippen LogP contribution is -2.52. The van der Waals surface area contributed by atoms with E-state index in [2.05, 4.69) is 57.9 Å². The Hall–Kier alpha value is -2.30. The molecule has 0 amide bonds. The van der Waals surface area contributed by atoms with Crippen molar-refractivity contribution in [3.63, 3.8) is 0 Å². The smallest absolute Gasteiger partial charge is 0.134 e. The van der Waals surface area contributed by atoms with Gasteiger partial charge in [-0.2, -0.15) is 0 Å². The van der Waals surface area contributed by atoms with Gasteiger partial charge in [0.25, 0.3) is 0 Å². The highest BCUT2D eigenvalue weighted by atomic mass is 15.3. The minimum atomic E-state index is 0.384. The predicted octanol–water partition coefficient (Wildman–Crippen LogP) is 2.08. The molecule has 2 heterocycles. The maximum absolute atomic E-state index is 5.76. The molecule has 0 unspecified atom stereocenters. The number of aryl methyl sites for hydroxylation is 1. The molecular weight excluding hydrogens is 262 g/mol. The molecule has 0 spiro atoms. The lowest BCUT2D eigenvalue weighted by molar-refractivity contribution is 0.546. The highest BCUT2D eigenvalue weighted by Crippen LogP contribution is 2.23. The number of aromatic nitrogens is 2. The van der Waals surface area contributed by atoms with Gasteiger partial charge in [-0.15, -0.1) is 0 Å². The van der Waals surface area contributed by atoms with E-state index in [1.807, 2.05) is 6.07 Å². The van der Waals surface area contributed by atoms with Crippen LogP contribution < -0.4 is 15.5 Å². The van der Waals surface area contributed by atoms with Crippen LogP contribution in [0.3, 0.4) is 0 Å². The summed E-state index contributed by atoms with van der Waals surface area (Å²) in [5.74, 6) is 1.44. The van der Waals surface area contributed by atoms with Gasteiger partial charge in [0.05, 0.1) is 0 Å². The fourth-order valence-electron chi connectivity index (χ4n) is 2.81. The lowest BCUT2D eigenvalue weighted by atomic mass is 10.1. The fraction of sp³-hybridized carbons (Fsp3) is 0.375. The first-order valence-corrected chi connectivity index (χ1v) is 7.29. The Bertz CT molecular complexity index is 610. The minimum Gasteiger partial charge on any atom is -0.384 e. The monoisotopic (exact) mass is 283 g/mol. The van der Waals surface area contributed by atoms with Crippen molar-refractivity contribution in [2.24, 2.45) is 0 Å². The van der Waals surface area contributed by atoms with Crippen molar-refractivity contribution in [1.82, 2.24) is 9.97 Å². The SMILES string of the molecule is Cc1ccc(N2CCN(c3cc(N)ncn3)[C@H](C)C2)cc1. The third-order valence-corrected chi connectivity index (χ3v) is 3.99. The van der Waals surface area contributed by atoms with Crippen molar-refractivity contribution < 1.29 is 0 Å². The van der Waals surface area contributed by atoms with Gasteiger partial charge in [0.2, 0.25) is 0 Å². The maximum atomic E-state index is 5.76. The number of benzene rings is 1. The predicted molar refractivity (Wildman–Crippen MR) is 86.6 cm³/mol. The molecule has 1 aromatic heterocycles. The molecule has 0 aliphatic carbocycles. The van der Waals surface area contributed by atoms with Crippen molar-refractivity contribution in [2.45, 2.75) is 19.9 Å². The van der Waals surface area contributed by atoms with Crippen LogP contribution in [0.2, 0.25) is 0 Å². The van der Waals surface area contributed by atoms with Crippen LogP contribution in [-0.4, -0.2) is 35.6 Å². The molecular formula is C16H21N5. The molecule has 1 aromatic carbocycles. The summed E-state index contributed by atoms with van der Waals surface area (Å²) in [6, 6.07) is 10.9. The van der Waals surface area contributed by atoms with Crippen molar-refractivity contribution in [1.29, 1.82) is 0 Å². The van der Waals surface area contributed by atoms with Gasteiger partial charge in [-0.05, 0) is 26.0 Å². The number of nitrogens with zero attached hydrogens (tertiary/aromatic N) is 4. The number of nitrogens with two attached hydrogens (primary N) is 1. The van der Waals surface area contributed by atoms with E-state index in [1.54, 1.807) is 0 Å². The number of rotatable bonds is 2. The molecule has 0 saturated carbocycles. The third-order valence-electron chi connectivity index (χ3n) is 3.99. The van der Waals surface area contributed by atoms with Crippen molar-refractivity contribution >= 4 is 17.3 Å². The van der Waals surface area contributed by atoms with E-state index >= 15 is 0 Å². The van der Waals surface area contributed by atoms with E-state index in [0.717, 1.165) is 25.5 Å². The summed E-state index contributed by atoms with van der Waals surface area (Å²) in [6.45, 7) is 7.23. The summed E-state index contributed by atoms with van der Waals surface area (Å²) in [5.41, 5.74) is 8.33. The average molecular weight is 283 g/mol. The number of anilines is 3. The Kier molecular flexibility index (Phi) is 3.64. The van der Waals surface area contributed by atoms with Gasteiger partial charge in [-0.25, -0.2) is 9.97 Å². The van der Waals surface area contributed by atoms with Crippen LogP contribution in [0.5, 0.6) is 0 Å². The Balaban J connectivity index is 1.73. The molecule has 2 N–H and O–H groups in total. The molecule has 0 radical (unpaired) electrons. The van der Waals surface area contributed by atoms with Gasteiger partial charge >= 0.3 is 0 Å². The Labute approximate surface area is 125 Å². The second-order valence-corrected chi connectivity index (χ2v) is 5.63. The van der Waals surface area contributed by atoms with Crippen LogP contribution in [0.4, 0.5) is 17.3 Å². The van der Waals surface area contributed by atoms with Crippen LogP contribution in [-0.2, 0) is 0 Å². The minimum absolute atomic E-state index is 0.384. The van der Waals surface area contributed by atoms with Crippen LogP contribution in [0.25, 0.3) is 0 Å². The Morgan fingerprint density at radius 1 is 1.14 bits per heavy atom. The van der Waals surface area contributed by atoms with Gasteiger partial charge in [0, 0.05) is 37.4 Å². The Morgan fingerprint density at radius 2 is 1.90 bits per heavy atom. The quantitative estimate of drug-likeness (QED) is 0.914. The number of hydrogen-bond acceptors (Lipinski definition) is 5. The van der Waals surface area contributed by atoms with Gasteiger partial charge in [-0.1, -0.05) is 17.7 Å². The second kappa shape index (κ2) is 5.60. The number of piperazine rings is 1. The third kappa shape index (κ3) is 2.91. The van der Waals surface area contributed by atoms with Gasteiger partial charge in [0.1, 0.15) is 18.0 Å². The topological polar surface area (TPSA) is 58.3 Å². The first-order chi connectivity index (χ1) is 10.1. The fourth-order valence-corrected chi connectivity index (χ4v) is 2.81. The van der Waals surface area contributed by atoms with Crippen molar-refractivity contribution in [3.8, 4) is 0 Å². The molecule has 5 heteroatoms. The van der Waals surface area contributed by atoms with Gasteiger partial charge in [0.15, 0.2) is 0 Å². The first-order valence-electron chi connectivity index (χ1n) is 7.29. The zero-order chi connectivity index (χ0) is 14.8. The zero-order valence-corrected chi connectivity index (χ0v) is 12.5. The molecule has 1 atom stereocenters. The molecule has 2 aromatic rings. The van der Waals surface area contributed by atoms with E-state index in [0.29, 0.717) is 11.9 Å². The molecule has 21 heavy (non-hydrogen) atoms. The summed E-state index contributed by atoms with van der Waals surface area (Å²) in [4.78, 5) is 13.0. The summed E-state index contributed by atoms with van der Waals surface area (Å²) in [7, 11) is 0. The maximum Gasteiger partial charge on any atom is 0.134 e. The normalized spacial score (nSPS) is 18.9. The van der Waals surface area contributed by atoms with E-state index in [1.165, 1.54) is 17.6 Å². The highest BCUT2D eigenvalue weighted by Gasteiger charge is 2.24. The number of nitrogen functional groups attached to an aromatic ring is 1. The van der Waals surface area contributed by atoms with Crippen LogP contribution in [0.15, 0.2) is 36.7 Å². The van der Waals surface area contributed by atoms with E-state index < -0.39 is 0 Å². The molecule has 5 nitrogen and oxygen atoms in total. The van der Waals surface area contributed by atoms with Crippen LogP contribution in [0.1, 0.15) is 12.5 Å². The molecule has 1 aliphatic heterocycles. The lowest BCUT2D eigenvalue weighted by Gasteiger charge is -2.41. The van der Waals surface area contributed by atoms with E-state index in [4.69, 9.17) is 5.73 Å². The second-order valence-electron chi connectivity index (χ2n) is 5.63. The van der Waals surface area contributed by atoms with Crippen molar-refractivity contribution in [3.05, 3.63) is 42.2 Å². The average Bonchev–Trinajstić information content (AvgIpc) is 2.48. The molecule has 110 valence electrons. The van der Waals surface area contributed by atoms with Gasteiger partial charge < -0.3 is 15.5 Å². The molecule has 1 aliphatic rings. The summed E-state index contributed by atoms with van der Waals surface area (Å²) < 4.78 is 0. The standard InChI is InChI=1S/C16H21N5/c1-12-3-5-14(6-4-12)20-7-8-21(13(2)10-20)16-9-15(17)18-11-19-16/h3-6,9,11,13H,7-8,10H2,1-2H3,(H2,17,18,19)/t13-/m1/s1. The van der Waals surface area contributed by atoms with E-state index in [9.17, 15) is 0 Å². The molecule has 0 bridgehead atoms. The number of hydrogen-bond donors (Lipinski definition) is 1. The molecule has 1 fully saturated rings. The Morgan fingerprint density at radius 3 is 2.57 bits per heavy atom. The van der Waals surface area contributed by atoms with Gasteiger partial charge in [-0.3, -0.25) is 0 Å². The van der Waals surface area contributed by atoms with Crippen molar-refractivity contribution in [2.75, 3.05) is 35.2 Å². The molecule has 1 saturated heterocycles. The largest absolute Gasteiger partial charge is 0.384 e. The summed E-state index contributed by atoms with van der Waals surface area (Å²) >= 11 is 0. The summed E-state index contributed by atoms with van der Waals surface area (Å²) in [6.07, 6.45) is 1.53. The zero-order valence-electron chi connectivity index (χ0n) is 12.5. The van der Waals surface area contributed by atoms with Crippen LogP contribution >= 0.6 is 0 Å². The highest BCUT2D eigenvalue weighted by molar-refractivity contribution is 5.52. The first kappa shape index (κ1) is 13.7. The molecule has 3 rings (SSSR count).